The molecule has 1 aromatic heterocycles. The van der Waals surface area contributed by atoms with Crippen LogP contribution in [0.15, 0.2) is 138 Å². The average molecular weight is 717 g/mol. The Kier molecular flexibility index (Phi) is 8.31. The lowest BCUT2D eigenvalue weighted by atomic mass is 9.59. The largest absolute Gasteiger partial charge is 0.456 e. The lowest BCUT2D eigenvalue weighted by Crippen LogP contribution is -2.50. The number of rotatable bonds is 4. The van der Waals surface area contributed by atoms with Crippen LogP contribution in [0.3, 0.4) is 0 Å². The van der Waals surface area contributed by atoms with Crippen molar-refractivity contribution in [3.8, 4) is 44.5 Å². The summed E-state index contributed by atoms with van der Waals surface area (Å²) in [5.41, 5.74) is 22.6. The lowest BCUT2D eigenvalue weighted by Gasteiger charge is -2.29. The molecule has 0 amide bonds. The van der Waals surface area contributed by atoms with Gasteiger partial charge < -0.3 is 4.42 Å². The van der Waals surface area contributed by atoms with Crippen molar-refractivity contribution in [1.82, 2.24) is 0 Å². The molecule has 9 aromatic carbocycles. The Morgan fingerprint density at radius 3 is 1.32 bits per heavy atom. The third kappa shape index (κ3) is 5.28. The molecule has 10 rings (SSSR count). The van der Waals surface area contributed by atoms with Crippen LogP contribution >= 0.6 is 0 Å². The number of hydrogen-bond acceptors (Lipinski definition) is 1. The fourth-order valence-corrected chi connectivity index (χ4v) is 9.81. The van der Waals surface area contributed by atoms with Crippen LogP contribution in [0.25, 0.3) is 98.8 Å². The van der Waals surface area contributed by atoms with E-state index in [-0.39, 0.29) is 0 Å². The first-order valence-corrected chi connectivity index (χ1v) is 20.2. The van der Waals surface area contributed by atoms with Crippen LogP contribution in [0, 0.1) is 0 Å². The molecule has 260 valence electrons. The SMILES string of the molecule is Bc1c(B)c(B)c2c(-c3cccc4oc5cc6ccccc6cc5c34)c3c(B)c(B)c(B)c(B)c3c(-c3ccccc3-c3ccc(-c4ccccc4)cc3)c2c1B. The van der Waals surface area contributed by atoms with E-state index >= 15 is 0 Å². The van der Waals surface area contributed by atoms with Gasteiger partial charge in [0.15, 0.2) is 0 Å². The highest BCUT2D eigenvalue weighted by Gasteiger charge is 2.27. The maximum absolute atomic E-state index is 6.73. The van der Waals surface area contributed by atoms with Gasteiger partial charge in [-0.25, -0.2) is 0 Å². The molecule has 0 aliphatic rings. The second-order valence-electron chi connectivity index (χ2n) is 16.2. The van der Waals surface area contributed by atoms with Gasteiger partial charge in [0.2, 0.25) is 0 Å². The van der Waals surface area contributed by atoms with Crippen LogP contribution < -0.4 is 43.7 Å². The summed E-state index contributed by atoms with van der Waals surface area (Å²) in [5.74, 6) is 0. The lowest BCUT2D eigenvalue weighted by molar-refractivity contribution is 0.669. The molecule has 0 aliphatic carbocycles. The van der Waals surface area contributed by atoms with Gasteiger partial charge in [0.1, 0.15) is 73.9 Å². The van der Waals surface area contributed by atoms with Gasteiger partial charge in [0.05, 0.1) is 0 Å². The van der Waals surface area contributed by atoms with Gasteiger partial charge in [-0.15, -0.1) is 21.9 Å². The van der Waals surface area contributed by atoms with Crippen LogP contribution in [-0.2, 0) is 0 Å². The Labute approximate surface area is 341 Å². The molecule has 1 heterocycles. The first-order chi connectivity index (χ1) is 27.6. The summed E-state index contributed by atoms with van der Waals surface area (Å²) in [7, 11) is 18.6. The van der Waals surface area contributed by atoms with Crippen LogP contribution in [-0.4, -0.2) is 62.8 Å². The van der Waals surface area contributed by atoms with Gasteiger partial charge in [-0.3, -0.25) is 0 Å². The van der Waals surface area contributed by atoms with Gasteiger partial charge in [0.25, 0.3) is 0 Å². The molecule has 10 aromatic rings. The highest BCUT2D eigenvalue weighted by atomic mass is 16.3. The Morgan fingerprint density at radius 1 is 0.298 bits per heavy atom. The number of benzene rings is 9. The Balaban J connectivity index is 1.39. The van der Waals surface area contributed by atoms with Crippen molar-refractivity contribution >= 4 is 161 Å². The van der Waals surface area contributed by atoms with Gasteiger partial charge in [-0.05, 0) is 95.0 Å². The van der Waals surface area contributed by atoms with E-state index in [1.165, 1.54) is 126 Å². The quantitative estimate of drug-likeness (QED) is 0.182. The van der Waals surface area contributed by atoms with Crippen molar-refractivity contribution in [2.24, 2.45) is 0 Å². The topological polar surface area (TPSA) is 13.1 Å². The summed E-state index contributed by atoms with van der Waals surface area (Å²) in [6.07, 6.45) is 0. The van der Waals surface area contributed by atoms with E-state index in [0.29, 0.717) is 0 Å². The van der Waals surface area contributed by atoms with E-state index in [9.17, 15) is 0 Å². The second kappa shape index (κ2) is 13.3. The molecular formula is C48H38B8O. The maximum atomic E-state index is 6.73. The van der Waals surface area contributed by atoms with Crippen LogP contribution in [0.5, 0.6) is 0 Å². The molecule has 0 atom stereocenters. The highest BCUT2D eigenvalue weighted by Crippen LogP contribution is 2.47. The van der Waals surface area contributed by atoms with Crippen molar-refractivity contribution in [1.29, 1.82) is 0 Å². The maximum Gasteiger partial charge on any atom is 0.139 e. The van der Waals surface area contributed by atoms with Gasteiger partial charge in [0, 0.05) is 10.8 Å². The van der Waals surface area contributed by atoms with Crippen LogP contribution in [0.1, 0.15) is 0 Å². The molecule has 0 spiro atoms. The van der Waals surface area contributed by atoms with Gasteiger partial charge in [-0.1, -0.05) is 137 Å². The Hall–Kier alpha value is -5.92. The van der Waals surface area contributed by atoms with E-state index in [4.69, 9.17) is 4.42 Å². The first-order valence-electron chi connectivity index (χ1n) is 20.2. The molecule has 0 N–H and O–H groups in total. The van der Waals surface area contributed by atoms with Crippen molar-refractivity contribution in [3.05, 3.63) is 133 Å². The van der Waals surface area contributed by atoms with Crippen molar-refractivity contribution in [2.75, 3.05) is 0 Å². The molecule has 57 heavy (non-hydrogen) atoms. The van der Waals surface area contributed by atoms with Crippen LogP contribution in [0.2, 0.25) is 0 Å². The molecule has 0 unspecified atom stereocenters. The zero-order valence-corrected chi connectivity index (χ0v) is 34.1. The number of furan rings is 1. The summed E-state index contributed by atoms with van der Waals surface area (Å²) in [6, 6.07) is 48.7. The molecule has 9 heteroatoms. The minimum atomic E-state index is 0.920. The van der Waals surface area contributed by atoms with Crippen molar-refractivity contribution in [3.63, 3.8) is 0 Å². The summed E-state index contributed by atoms with van der Waals surface area (Å²) in [6.45, 7) is 0. The zero-order valence-electron chi connectivity index (χ0n) is 34.1. The van der Waals surface area contributed by atoms with Crippen molar-refractivity contribution in [2.45, 2.75) is 0 Å². The fraction of sp³-hybridized carbons (Fsp3) is 0. The summed E-state index contributed by atoms with van der Waals surface area (Å²) < 4.78 is 6.73. The predicted molar refractivity (Wildman–Crippen MR) is 273 cm³/mol. The average Bonchev–Trinajstić information content (AvgIpc) is 3.62. The molecule has 0 fully saturated rings. The first kappa shape index (κ1) is 35.5. The van der Waals surface area contributed by atoms with E-state index in [2.05, 4.69) is 196 Å². The molecule has 0 radical (unpaired) electrons. The van der Waals surface area contributed by atoms with Crippen molar-refractivity contribution < 1.29 is 4.42 Å². The predicted octanol–water partition coefficient (Wildman–Crippen LogP) is -0.219. The molecule has 0 aliphatic heterocycles. The second-order valence-corrected chi connectivity index (χ2v) is 16.2. The molecular weight excluding hydrogens is 679 g/mol. The minimum Gasteiger partial charge on any atom is -0.456 e. The third-order valence-corrected chi connectivity index (χ3v) is 13.5. The van der Waals surface area contributed by atoms with Gasteiger partial charge in [-0.2, -0.15) is 0 Å². The standard InChI is InChI=1S/C48H38B8O/c49-41-37-35(29-14-7-6-13-28(29)25-19-17-24(18-20-25)23-9-2-1-3-10-23)38-40(44(52)48(56)46(54)42(38)50)36(39(37)43(51)47(55)45(41)53)30-15-8-16-32-34(30)31-21-26-11-4-5-12-27(26)22-33(31)57-32/h1-22H,49-56H2. The van der Waals surface area contributed by atoms with E-state index < -0.39 is 0 Å². The number of fused-ring (bicyclic) bond motifs is 6. The minimum absolute atomic E-state index is 0.920. The smallest absolute Gasteiger partial charge is 0.139 e. The highest BCUT2D eigenvalue weighted by molar-refractivity contribution is 6.71. The fourth-order valence-electron chi connectivity index (χ4n) is 9.81. The summed E-state index contributed by atoms with van der Waals surface area (Å²) in [5, 5.41) is 10.1. The van der Waals surface area contributed by atoms with E-state index in [0.717, 1.165) is 16.6 Å². The van der Waals surface area contributed by atoms with Gasteiger partial charge >= 0.3 is 0 Å². The van der Waals surface area contributed by atoms with E-state index in [1.807, 2.05) is 0 Å². The molecule has 0 saturated carbocycles. The zero-order chi connectivity index (χ0) is 39.3. The Morgan fingerprint density at radius 2 is 0.737 bits per heavy atom. The molecule has 1 nitrogen and oxygen atoms in total. The summed E-state index contributed by atoms with van der Waals surface area (Å²) >= 11 is 0. The molecule has 0 bridgehead atoms. The van der Waals surface area contributed by atoms with Crippen LogP contribution in [0.4, 0.5) is 0 Å². The monoisotopic (exact) mass is 718 g/mol. The number of hydrogen-bond donors (Lipinski definition) is 0. The normalized spacial score (nSPS) is 11.7. The molecule has 0 saturated heterocycles. The third-order valence-electron chi connectivity index (χ3n) is 13.5. The van der Waals surface area contributed by atoms with E-state index in [1.54, 1.807) is 0 Å². The summed E-state index contributed by atoms with van der Waals surface area (Å²) in [4.78, 5) is 0. The Bertz CT molecular complexity index is 3240.